The van der Waals surface area contributed by atoms with E-state index in [-0.39, 0.29) is 11.9 Å². The van der Waals surface area contributed by atoms with Gasteiger partial charge < -0.3 is 9.64 Å². The number of rotatable bonds is 3. The van der Waals surface area contributed by atoms with E-state index in [1.54, 1.807) is 31.6 Å². The normalized spacial score (nSPS) is 16.0. The van der Waals surface area contributed by atoms with Crippen molar-refractivity contribution in [1.82, 2.24) is 9.88 Å². The first-order valence-electron chi connectivity index (χ1n) is 8.70. The molecule has 0 N–H and O–H groups in total. The first-order chi connectivity index (χ1) is 12.8. The molecule has 130 valence electrons. The van der Waals surface area contributed by atoms with Crippen LogP contribution in [-0.2, 0) is 6.42 Å². The van der Waals surface area contributed by atoms with Gasteiger partial charge in [0.2, 0.25) is 0 Å². The largest absolute Gasteiger partial charge is 0.497 e. The van der Waals surface area contributed by atoms with E-state index in [1.165, 1.54) is 11.1 Å². The molecular weight excluding hydrogens is 324 g/mol. The number of pyridine rings is 1. The molecule has 4 rings (SSSR count). The Kier molecular flexibility index (Phi) is 4.40. The minimum absolute atomic E-state index is 0.0229. The number of fused-ring (bicyclic) bond motifs is 1. The Labute approximate surface area is 153 Å². The number of hydrogen-bond acceptors (Lipinski definition) is 3. The highest BCUT2D eigenvalue weighted by atomic mass is 16.5. The monoisotopic (exact) mass is 344 g/mol. The van der Waals surface area contributed by atoms with Crippen molar-refractivity contribution < 1.29 is 9.53 Å². The average molecular weight is 344 g/mol. The molecule has 0 saturated heterocycles. The fourth-order valence-corrected chi connectivity index (χ4v) is 3.62. The number of hydrogen-bond donors (Lipinski definition) is 0. The van der Waals surface area contributed by atoms with Gasteiger partial charge in [0.15, 0.2) is 0 Å². The maximum absolute atomic E-state index is 13.2. The van der Waals surface area contributed by atoms with Gasteiger partial charge in [-0.25, -0.2) is 0 Å². The molecule has 26 heavy (non-hydrogen) atoms. The van der Waals surface area contributed by atoms with Crippen LogP contribution >= 0.6 is 0 Å². The van der Waals surface area contributed by atoms with Crippen LogP contribution in [0.2, 0.25) is 0 Å². The third kappa shape index (κ3) is 2.94. The number of aromatic nitrogens is 1. The molecule has 0 spiro atoms. The van der Waals surface area contributed by atoms with Crippen molar-refractivity contribution in [1.29, 1.82) is 0 Å². The molecule has 0 radical (unpaired) electrons. The van der Waals surface area contributed by atoms with Gasteiger partial charge in [-0.05, 0) is 47.4 Å². The molecule has 0 fully saturated rings. The number of carbonyl (C=O) groups excluding carboxylic acids is 1. The van der Waals surface area contributed by atoms with Gasteiger partial charge in [0, 0.05) is 24.5 Å². The highest BCUT2D eigenvalue weighted by Crippen LogP contribution is 2.37. The molecule has 4 heteroatoms. The molecule has 1 unspecified atom stereocenters. The van der Waals surface area contributed by atoms with Gasteiger partial charge in [-0.3, -0.25) is 9.78 Å². The van der Waals surface area contributed by atoms with Gasteiger partial charge in [-0.2, -0.15) is 0 Å². The summed E-state index contributed by atoms with van der Waals surface area (Å²) in [5.74, 6) is 0.816. The molecule has 1 aliphatic heterocycles. The number of nitrogens with zero attached hydrogens (tertiary/aromatic N) is 2. The SMILES string of the molecule is COc1cccc(C2c3ccccc3CCN2C(=O)c2ccncc2)c1. The summed E-state index contributed by atoms with van der Waals surface area (Å²) in [6.07, 6.45) is 4.17. The van der Waals surface area contributed by atoms with E-state index in [4.69, 9.17) is 4.74 Å². The number of amides is 1. The molecule has 0 saturated carbocycles. The van der Waals surface area contributed by atoms with Crippen LogP contribution in [0.5, 0.6) is 5.75 Å². The predicted molar refractivity (Wildman–Crippen MR) is 100 cm³/mol. The predicted octanol–water partition coefficient (Wildman–Crippen LogP) is 3.88. The summed E-state index contributed by atoms with van der Waals surface area (Å²) in [6, 6.07) is 19.7. The Bertz CT molecular complexity index is 924. The molecule has 2 aromatic carbocycles. The Morgan fingerprint density at radius 2 is 1.88 bits per heavy atom. The van der Waals surface area contributed by atoms with Crippen LogP contribution in [0.15, 0.2) is 73.1 Å². The molecule has 1 aliphatic rings. The van der Waals surface area contributed by atoms with Gasteiger partial charge in [0.05, 0.1) is 13.2 Å². The van der Waals surface area contributed by atoms with E-state index in [2.05, 4.69) is 29.2 Å². The summed E-state index contributed by atoms with van der Waals surface area (Å²) < 4.78 is 5.40. The van der Waals surface area contributed by atoms with Gasteiger partial charge in [-0.1, -0.05) is 36.4 Å². The minimum atomic E-state index is -0.129. The maximum atomic E-state index is 13.2. The fourth-order valence-electron chi connectivity index (χ4n) is 3.62. The van der Waals surface area contributed by atoms with E-state index in [0.29, 0.717) is 12.1 Å². The van der Waals surface area contributed by atoms with E-state index < -0.39 is 0 Å². The van der Waals surface area contributed by atoms with Gasteiger partial charge in [-0.15, -0.1) is 0 Å². The Hall–Kier alpha value is -3.14. The van der Waals surface area contributed by atoms with Crippen molar-refractivity contribution >= 4 is 5.91 Å². The third-order valence-corrected chi connectivity index (χ3v) is 4.88. The first kappa shape index (κ1) is 16.3. The van der Waals surface area contributed by atoms with Crippen LogP contribution in [0.1, 0.15) is 33.1 Å². The van der Waals surface area contributed by atoms with Gasteiger partial charge in [0.1, 0.15) is 5.75 Å². The van der Waals surface area contributed by atoms with Crippen molar-refractivity contribution in [2.75, 3.05) is 13.7 Å². The smallest absolute Gasteiger partial charge is 0.254 e. The molecule has 0 aliphatic carbocycles. The molecular formula is C22H20N2O2. The lowest BCUT2D eigenvalue weighted by atomic mass is 9.87. The van der Waals surface area contributed by atoms with E-state index in [0.717, 1.165) is 17.7 Å². The minimum Gasteiger partial charge on any atom is -0.497 e. The summed E-state index contributed by atoms with van der Waals surface area (Å²) in [4.78, 5) is 19.2. The fraction of sp³-hybridized carbons (Fsp3) is 0.182. The molecule has 2 heterocycles. The summed E-state index contributed by atoms with van der Waals surface area (Å²) in [6.45, 7) is 0.681. The molecule has 1 atom stereocenters. The zero-order chi connectivity index (χ0) is 17.9. The zero-order valence-electron chi connectivity index (χ0n) is 14.6. The van der Waals surface area contributed by atoms with E-state index in [1.807, 2.05) is 29.2 Å². The number of methoxy groups -OCH3 is 1. The molecule has 1 aromatic heterocycles. The Morgan fingerprint density at radius 1 is 1.08 bits per heavy atom. The average Bonchev–Trinajstić information content (AvgIpc) is 2.73. The lowest BCUT2D eigenvalue weighted by Gasteiger charge is -2.38. The standard InChI is InChI=1S/C22H20N2O2/c1-26-19-7-4-6-18(15-19)21-20-8-3-2-5-16(20)11-14-24(21)22(25)17-9-12-23-13-10-17/h2-10,12-13,15,21H,11,14H2,1H3. The molecule has 1 amide bonds. The first-order valence-corrected chi connectivity index (χ1v) is 8.70. The molecule has 4 nitrogen and oxygen atoms in total. The van der Waals surface area contributed by atoms with Crippen LogP contribution < -0.4 is 4.74 Å². The number of ether oxygens (including phenoxy) is 1. The van der Waals surface area contributed by atoms with E-state index >= 15 is 0 Å². The molecule has 3 aromatic rings. The maximum Gasteiger partial charge on any atom is 0.254 e. The highest BCUT2D eigenvalue weighted by Gasteiger charge is 2.32. The summed E-state index contributed by atoms with van der Waals surface area (Å²) in [5, 5.41) is 0. The van der Waals surface area contributed by atoms with Gasteiger partial charge in [0.25, 0.3) is 5.91 Å². The van der Waals surface area contributed by atoms with Crippen LogP contribution in [0, 0.1) is 0 Å². The topological polar surface area (TPSA) is 42.4 Å². The van der Waals surface area contributed by atoms with Crippen LogP contribution in [-0.4, -0.2) is 29.4 Å². The van der Waals surface area contributed by atoms with Gasteiger partial charge >= 0.3 is 0 Å². The summed E-state index contributed by atoms with van der Waals surface area (Å²) in [5.41, 5.74) is 4.18. The van der Waals surface area contributed by atoms with Crippen LogP contribution in [0.25, 0.3) is 0 Å². The lowest BCUT2D eigenvalue weighted by molar-refractivity contribution is 0.0694. The van der Waals surface area contributed by atoms with Crippen molar-refractivity contribution in [2.45, 2.75) is 12.5 Å². The second-order valence-corrected chi connectivity index (χ2v) is 6.36. The van der Waals surface area contributed by atoms with Crippen molar-refractivity contribution in [3.63, 3.8) is 0 Å². The lowest BCUT2D eigenvalue weighted by Crippen LogP contribution is -2.40. The number of benzene rings is 2. The second kappa shape index (κ2) is 7.00. The quantitative estimate of drug-likeness (QED) is 0.724. The van der Waals surface area contributed by atoms with Crippen molar-refractivity contribution in [3.05, 3.63) is 95.3 Å². The van der Waals surface area contributed by atoms with Crippen molar-refractivity contribution in [3.8, 4) is 5.75 Å². The summed E-state index contributed by atoms with van der Waals surface area (Å²) in [7, 11) is 1.66. The highest BCUT2D eigenvalue weighted by molar-refractivity contribution is 5.94. The number of carbonyl (C=O) groups is 1. The summed E-state index contributed by atoms with van der Waals surface area (Å²) >= 11 is 0. The van der Waals surface area contributed by atoms with Crippen molar-refractivity contribution in [2.24, 2.45) is 0 Å². The van der Waals surface area contributed by atoms with Crippen LogP contribution in [0.4, 0.5) is 0 Å². The van der Waals surface area contributed by atoms with Crippen LogP contribution in [0.3, 0.4) is 0 Å². The van der Waals surface area contributed by atoms with E-state index in [9.17, 15) is 4.79 Å². The third-order valence-electron chi connectivity index (χ3n) is 4.88. The second-order valence-electron chi connectivity index (χ2n) is 6.36. The Morgan fingerprint density at radius 3 is 2.69 bits per heavy atom. The Balaban J connectivity index is 1.81. The molecule has 0 bridgehead atoms. The zero-order valence-corrected chi connectivity index (χ0v) is 14.6.